The van der Waals surface area contributed by atoms with Crippen LogP contribution in [0, 0.1) is 12.8 Å². The van der Waals surface area contributed by atoms with E-state index in [1.54, 1.807) is 12.1 Å². The Labute approximate surface area is 111 Å². The molecule has 94 valence electrons. The first-order valence-electron chi connectivity index (χ1n) is 5.23. The number of aryl methyl sites for hydroxylation is 1. The molecule has 1 aliphatic rings. The summed E-state index contributed by atoms with van der Waals surface area (Å²) >= 11 is 11.6. The maximum absolute atomic E-state index is 11.8. The van der Waals surface area contributed by atoms with Crippen LogP contribution in [-0.2, 0) is 10.0 Å². The fraction of sp³-hybridized carbons (Fsp3) is 0.455. The summed E-state index contributed by atoms with van der Waals surface area (Å²) in [4.78, 5) is 0. The van der Waals surface area contributed by atoms with Gasteiger partial charge in [0.15, 0.2) is 0 Å². The molecule has 1 unspecified atom stereocenters. The number of anilines is 1. The van der Waals surface area contributed by atoms with Gasteiger partial charge in [-0.3, -0.25) is 4.72 Å². The van der Waals surface area contributed by atoms with Crippen molar-refractivity contribution in [3.05, 3.63) is 29.8 Å². The van der Waals surface area contributed by atoms with E-state index in [2.05, 4.69) is 4.72 Å². The number of sulfonamides is 1. The van der Waals surface area contributed by atoms with Crippen LogP contribution >= 0.6 is 23.2 Å². The van der Waals surface area contributed by atoms with Gasteiger partial charge in [-0.2, -0.15) is 0 Å². The molecule has 1 saturated carbocycles. The second-order valence-corrected chi connectivity index (χ2v) is 7.72. The summed E-state index contributed by atoms with van der Waals surface area (Å²) in [5.74, 6) is -0.206. The van der Waals surface area contributed by atoms with E-state index >= 15 is 0 Å². The molecule has 0 saturated heterocycles. The summed E-state index contributed by atoms with van der Waals surface area (Å²) < 4.78 is 25.2. The van der Waals surface area contributed by atoms with Gasteiger partial charge in [0.25, 0.3) is 0 Å². The first-order chi connectivity index (χ1) is 7.78. The number of nitrogens with one attached hydrogen (secondary N) is 1. The van der Waals surface area contributed by atoms with Gasteiger partial charge in [-0.15, -0.1) is 23.2 Å². The highest BCUT2D eigenvalue weighted by Crippen LogP contribution is 2.53. The molecule has 0 heterocycles. The van der Waals surface area contributed by atoms with Crippen molar-refractivity contribution in [1.29, 1.82) is 0 Å². The molecule has 1 fully saturated rings. The lowest BCUT2D eigenvalue weighted by molar-refractivity contribution is 0.597. The third kappa shape index (κ3) is 3.50. The van der Waals surface area contributed by atoms with Gasteiger partial charge in [0.05, 0.1) is 5.75 Å². The van der Waals surface area contributed by atoms with Crippen LogP contribution in [0.15, 0.2) is 24.3 Å². The number of rotatable bonds is 4. The van der Waals surface area contributed by atoms with E-state index in [1.165, 1.54) is 0 Å². The monoisotopic (exact) mass is 293 g/mol. The summed E-state index contributed by atoms with van der Waals surface area (Å²) in [5.41, 5.74) is 1.64. The van der Waals surface area contributed by atoms with Crippen LogP contribution in [0.2, 0.25) is 0 Å². The molecule has 1 atom stereocenters. The van der Waals surface area contributed by atoms with E-state index in [-0.39, 0.29) is 11.7 Å². The van der Waals surface area contributed by atoms with Crippen LogP contribution < -0.4 is 4.72 Å². The lowest BCUT2D eigenvalue weighted by Crippen LogP contribution is -2.19. The Balaban J connectivity index is 2.00. The molecule has 1 aromatic rings. The van der Waals surface area contributed by atoms with E-state index in [0.717, 1.165) is 5.56 Å². The summed E-state index contributed by atoms with van der Waals surface area (Å²) in [6, 6.07) is 7.16. The summed E-state index contributed by atoms with van der Waals surface area (Å²) in [5, 5.41) is 0. The molecule has 1 N–H and O–H groups in total. The highest BCUT2D eigenvalue weighted by Gasteiger charge is 2.53. The van der Waals surface area contributed by atoms with Gasteiger partial charge in [0, 0.05) is 11.6 Å². The largest absolute Gasteiger partial charge is 0.284 e. The second-order valence-electron chi connectivity index (χ2n) is 4.41. The van der Waals surface area contributed by atoms with Crippen molar-refractivity contribution in [3.63, 3.8) is 0 Å². The maximum Gasteiger partial charge on any atom is 0.233 e. The van der Waals surface area contributed by atoms with E-state index in [4.69, 9.17) is 23.2 Å². The smallest absolute Gasteiger partial charge is 0.233 e. The van der Waals surface area contributed by atoms with Crippen LogP contribution in [-0.4, -0.2) is 18.5 Å². The van der Waals surface area contributed by atoms with Gasteiger partial charge in [-0.25, -0.2) is 8.42 Å². The lowest BCUT2D eigenvalue weighted by atomic mass is 10.2. The quantitative estimate of drug-likeness (QED) is 0.868. The fourth-order valence-electron chi connectivity index (χ4n) is 1.56. The highest BCUT2D eigenvalue weighted by molar-refractivity contribution is 7.92. The molecule has 0 aromatic heterocycles. The Kier molecular flexibility index (Phi) is 3.31. The number of alkyl halides is 2. The van der Waals surface area contributed by atoms with Crippen LogP contribution in [0.25, 0.3) is 0 Å². The van der Waals surface area contributed by atoms with Crippen LogP contribution in [0.1, 0.15) is 12.0 Å². The Morgan fingerprint density at radius 1 is 1.35 bits per heavy atom. The van der Waals surface area contributed by atoms with Crippen LogP contribution in [0.3, 0.4) is 0 Å². The number of hydrogen-bond acceptors (Lipinski definition) is 2. The topological polar surface area (TPSA) is 46.2 Å². The van der Waals surface area contributed by atoms with Crippen molar-refractivity contribution >= 4 is 38.9 Å². The Bertz CT molecular complexity index is 511. The minimum atomic E-state index is -3.37. The van der Waals surface area contributed by atoms with Gasteiger partial charge in [0.2, 0.25) is 10.0 Å². The zero-order valence-electron chi connectivity index (χ0n) is 9.28. The number of hydrogen-bond donors (Lipinski definition) is 1. The average molecular weight is 294 g/mol. The van der Waals surface area contributed by atoms with Gasteiger partial charge < -0.3 is 0 Å². The van der Waals surface area contributed by atoms with Crippen LogP contribution in [0.5, 0.6) is 0 Å². The lowest BCUT2D eigenvalue weighted by Gasteiger charge is -2.08. The highest BCUT2D eigenvalue weighted by atomic mass is 35.5. The molecule has 2 rings (SSSR count). The fourth-order valence-corrected chi connectivity index (χ4v) is 3.78. The predicted octanol–water partition coefficient (Wildman–Crippen LogP) is 2.93. The second kappa shape index (κ2) is 4.34. The standard InChI is InChI=1S/C11H13Cl2NO2S/c1-8-2-4-10(5-3-8)14-17(15,16)7-9-6-11(9,12)13/h2-5,9,14H,6-7H2,1H3. The van der Waals surface area contributed by atoms with Gasteiger partial charge in [-0.05, 0) is 25.5 Å². The van der Waals surface area contributed by atoms with Gasteiger partial charge in [0.1, 0.15) is 4.33 Å². The van der Waals surface area contributed by atoms with Crippen molar-refractivity contribution in [2.24, 2.45) is 5.92 Å². The molecule has 17 heavy (non-hydrogen) atoms. The zero-order chi connectivity index (χ0) is 12.7. The van der Waals surface area contributed by atoms with E-state index in [9.17, 15) is 8.42 Å². The zero-order valence-corrected chi connectivity index (χ0v) is 11.6. The Morgan fingerprint density at radius 3 is 2.35 bits per heavy atom. The van der Waals surface area contributed by atoms with E-state index < -0.39 is 14.4 Å². The number of benzene rings is 1. The van der Waals surface area contributed by atoms with Gasteiger partial charge in [-0.1, -0.05) is 17.7 Å². The Hall–Kier alpha value is -0.450. The summed E-state index contributed by atoms with van der Waals surface area (Å²) in [7, 11) is -3.37. The molecule has 0 spiro atoms. The SMILES string of the molecule is Cc1ccc(NS(=O)(=O)CC2CC2(Cl)Cl)cc1. The Morgan fingerprint density at radius 2 is 1.88 bits per heavy atom. The first-order valence-corrected chi connectivity index (χ1v) is 7.64. The van der Waals surface area contributed by atoms with Crippen molar-refractivity contribution in [3.8, 4) is 0 Å². The van der Waals surface area contributed by atoms with Crippen molar-refractivity contribution in [2.75, 3.05) is 10.5 Å². The van der Waals surface area contributed by atoms with Crippen LogP contribution in [0.4, 0.5) is 5.69 Å². The van der Waals surface area contributed by atoms with Crippen molar-refractivity contribution < 1.29 is 8.42 Å². The molecule has 0 amide bonds. The molecule has 0 bridgehead atoms. The first kappa shape index (κ1) is 13.0. The van der Waals surface area contributed by atoms with E-state index in [0.29, 0.717) is 12.1 Å². The molecule has 3 nitrogen and oxygen atoms in total. The third-order valence-electron chi connectivity index (χ3n) is 2.70. The maximum atomic E-state index is 11.8. The summed E-state index contributed by atoms with van der Waals surface area (Å²) in [6.07, 6.45) is 0.533. The molecule has 6 heteroatoms. The molecular weight excluding hydrogens is 281 g/mol. The van der Waals surface area contributed by atoms with Gasteiger partial charge >= 0.3 is 0 Å². The minimum Gasteiger partial charge on any atom is -0.284 e. The predicted molar refractivity (Wildman–Crippen MR) is 71.1 cm³/mol. The number of halogens is 2. The third-order valence-corrected chi connectivity index (χ3v) is 5.01. The van der Waals surface area contributed by atoms with Crippen molar-refractivity contribution in [2.45, 2.75) is 17.7 Å². The molecule has 1 aromatic carbocycles. The summed E-state index contributed by atoms with van der Waals surface area (Å²) in [6.45, 7) is 1.94. The average Bonchev–Trinajstić information content (AvgIpc) is 2.76. The van der Waals surface area contributed by atoms with Crippen molar-refractivity contribution in [1.82, 2.24) is 0 Å². The molecule has 0 aliphatic heterocycles. The van der Waals surface area contributed by atoms with E-state index in [1.807, 2.05) is 19.1 Å². The molecule has 1 aliphatic carbocycles. The molecule has 0 radical (unpaired) electrons. The molecular formula is C11H13Cl2NO2S. The minimum absolute atomic E-state index is 0.0339. The normalized spacial score (nSPS) is 22.2.